The zero-order chi connectivity index (χ0) is 24.6. The Hall–Kier alpha value is -2.53. The Morgan fingerprint density at radius 2 is 1.35 bits per heavy atom. The normalized spacial score (nSPS) is 13.6. The second kappa shape index (κ2) is 8.19. The van der Waals surface area contributed by atoms with Crippen molar-refractivity contribution < 1.29 is 71.9 Å². The molecule has 1 aromatic rings. The van der Waals surface area contributed by atoms with Crippen molar-refractivity contribution in [2.45, 2.75) is 37.2 Å². The van der Waals surface area contributed by atoms with E-state index in [1.165, 1.54) is 0 Å². The zero-order valence-electron chi connectivity index (χ0n) is 14.9. The summed E-state index contributed by atoms with van der Waals surface area (Å²) in [5.41, 5.74) is -2.16. The Balaban J connectivity index is 3.58. The highest BCUT2D eigenvalue weighted by Crippen LogP contribution is 2.52. The van der Waals surface area contributed by atoms with Crippen LogP contribution >= 0.6 is 0 Å². The molecule has 0 spiro atoms. The predicted octanol–water partition coefficient (Wildman–Crippen LogP) is 2.97. The lowest BCUT2D eigenvalue weighted by atomic mass is 10.1. The van der Waals surface area contributed by atoms with E-state index in [1.54, 1.807) is 0 Å². The summed E-state index contributed by atoms with van der Waals surface area (Å²) in [5, 5.41) is -6.88. The van der Waals surface area contributed by atoms with Gasteiger partial charge in [0.1, 0.15) is 11.5 Å². The average molecular weight is 489 g/mol. The van der Waals surface area contributed by atoms with Crippen LogP contribution in [0.2, 0.25) is 0 Å². The molecule has 0 aliphatic heterocycles. The van der Waals surface area contributed by atoms with Gasteiger partial charge in [-0.1, -0.05) is 0 Å². The maximum atomic E-state index is 14.4. The quantitative estimate of drug-likeness (QED) is 0.237. The second-order valence-corrected chi connectivity index (χ2v) is 6.95. The third-order valence-electron chi connectivity index (χ3n) is 3.08. The number of ether oxygens (including phenoxy) is 3. The molecule has 17 heteroatoms. The lowest BCUT2D eigenvalue weighted by Crippen LogP contribution is -2.55. The van der Waals surface area contributed by atoms with Gasteiger partial charge in [-0.15, -0.1) is 0 Å². The van der Waals surface area contributed by atoms with Crippen molar-refractivity contribution in [3.8, 4) is 11.5 Å². The second-order valence-electron chi connectivity index (χ2n) is 5.53. The van der Waals surface area contributed by atoms with Crippen LogP contribution in [0, 0.1) is 0 Å². The predicted molar refractivity (Wildman–Crippen MR) is 78.6 cm³/mol. The number of benzene rings is 1. The highest BCUT2D eigenvalue weighted by molar-refractivity contribution is 7.86. The van der Waals surface area contributed by atoms with Crippen LogP contribution in [-0.4, -0.2) is 42.4 Å². The highest BCUT2D eigenvalue weighted by Gasteiger charge is 2.72. The molecule has 0 saturated heterocycles. The van der Waals surface area contributed by atoms with Gasteiger partial charge in [-0.05, 0) is 18.2 Å². The van der Waals surface area contributed by atoms with Crippen LogP contribution in [0.25, 0.3) is 0 Å². The van der Waals surface area contributed by atoms with E-state index < -0.39 is 62.5 Å². The van der Waals surface area contributed by atoms with Crippen molar-refractivity contribution in [1.29, 1.82) is 0 Å². The number of halogens is 8. The SMILES string of the molecule is CC(=O)Oc1ccc(OC(C)=O)c(C(F)(F)C(F)(F)OC(F)(F)C(F)(F)S(=O)(=O)[O-])c1. The summed E-state index contributed by atoms with van der Waals surface area (Å²) in [7, 11) is -7.35. The number of rotatable bonds is 8. The van der Waals surface area contributed by atoms with Gasteiger partial charge in [0.05, 0.1) is 5.56 Å². The van der Waals surface area contributed by atoms with Gasteiger partial charge in [-0.3, -0.25) is 9.59 Å². The molecule has 31 heavy (non-hydrogen) atoms. The van der Waals surface area contributed by atoms with Gasteiger partial charge in [0.15, 0.2) is 10.1 Å². The van der Waals surface area contributed by atoms with E-state index in [2.05, 4.69) is 14.2 Å². The molecule has 0 atom stereocenters. The molecule has 0 saturated carbocycles. The van der Waals surface area contributed by atoms with Crippen LogP contribution in [0.3, 0.4) is 0 Å². The third-order valence-corrected chi connectivity index (χ3v) is 3.94. The minimum Gasteiger partial charge on any atom is -0.743 e. The molecule has 0 heterocycles. The van der Waals surface area contributed by atoms with Crippen molar-refractivity contribution in [3.63, 3.8) is 0 Å². The molecule has 0 unspecified atom stereocenters. The zero-order valence-corrected chi connectivity index (χ0v) is 15.7. The Kier molecular flexibility index (Phi) is 7.00. The summed E-state index contributed by atoms with van der Waals surface area (Å²) < 4.78 is 150. The number of esters is 2. The molecule has 176 valence electrons. The van der Waals surface area contributed by atoms with Crippen LogP contribution in [0.1, 0.15) is 19.4 Å². The Morgan fingerprint density at radius 3 is 1.77 bits per heavy atom. The van der Waals surface area contributed by atoms with Crippen molar-refractivity contribution in [1.82, 2.24) is 0 Å². The summed E-state index contributed by atoms with van der Waals surface area (Å²) in [6.45, 7) is 1.37. The number of alkyl halides is 8. The number of carbonyl (C=O) groups excluding carboxylic acids is 2. The molecule has 1 rings (SSSR count). The fourth-order valence-electron chi connectivity index (χ4n) is 1.81. The maximum Gasteiger partial charge on any atom is 0.438 e. The molecular weight excluding hydrogens is 480 g/mol. The first-order valence-corrected chi connectivity index (χ1v) is 8.75. The monoisotopic (exact) mass is 489 g/mol. The summed E-state index contributed by atoms with van der Waals surface area (Å²) in [6, 6.07) is 0.941. The molecule has 0 amide bonds. The standard InChI is InChI=1S/C14H10F8O8S/c1-6(23)28-8-3-4-10(29-7(2)24)9(5-8)11(15,16)12(17,18)30-13(19,20)14(21,22)31(25,26)27/h3-5H,1-2H3,(H,25,26,27)/p-1. The molecule has 0 radical (unpaired) electrons. The van der Waals surface area contributed by atoms with Crippen molar-refractivity contribution >= 4 is 22.1 Å². The van der Waals surface area contributed by atoms with E-state index in [0.717, 1.165) is 6.92 Å². The molecule has 0 aromatic heterocycles. The van der Waals surface area contributed by atoms with Gasteiger partial charge in [0.2, 0.25) is 0 Å². The number of hydrogen-bond donors (Lipinski definition) is 0. The number of hydrogen-bond acceptors (Lipinski definition) is 8. The molecule has 0 N–H and O–H groups in total. The van der Waals surface area contributed by atoms with Crippen LogP contribution in [0.4, 0.5) is 35.1 Å². The molecule has 0 fully saturated rings. The molecule has 0 aliphatic rings. The van der Waals surface area contributed by atoms with Crippen LogP contribution in [0.5, 0.6) is 11.5 Å². The van der Waals surface area contributed by atoms with Crippen molar-refractivity contribution in [3.05, 3.63) is 23.8 Å². The van der Waals surface area contributed by atoms with Gasteiger partial charge in [0, 0.05) is 13.8 Å². The van der Waals surface area contributed by atoms with Crippen LogP contribution in [0.15, 0.2) is 18.2 Å². The summed E-state index contributed by atoms with van der Waals surface area (Å²) in [5.74, 6) is -10.9. The molecular formula is C14H9F8O8S-. The van der Waals surface area contributed by atoms with Gasteiger partial charge < -0.3 is 14.0 Å². The smallest absolute Gasteiger partial charge is 0.438 e. The summed E-state index contributed by atoms with van der Waals surface area (Å²) >= 11 is 0. The lowest BCUT2D eigenvalue weighted by Gasteiger charge is -2.33. The van der Waals surface area contributed by atoms with Crippen LogP contribution < -0.4 is 9.47 Å². The van der Waals surface area contributed by atoms with Gasteiger partial charge >= 0.3 is 35.3 Å². The Bertz CT molecular complexity index is 977. The van der Waals surface area contributed by atoms with E-state index in [1.807, 2.05) is 0 Å². The maximum absolute atomic E-state index is 14.4. The van der Waals surface area contributed by atoms with E-state index in [4.69, 9.17) is 0 Å². The minimum absolute atomic E-state index is 0.0857. The van der Waals surface area contributed by atoms with Gasteiger partial charge in [0.25, 0.3) is 0 Å². The Labute approximate surface area is 167 Å². The molecule has 0 bridgehead atoms. The largest absolute Gasteiger partial charge is 0.743 e. The van der Waals surface area contributed by atoms with Crippen molar-refractivity contribution in [2.75, 3.05) is 0 Å². The molecule has 0 aliphatic carbocycles. The Morgan fingerprint density at radius 1 is 0.871 bits per heavy atom. The van der Waals surface area contributed by atoms with Gasteiger partial charge in [-0.25, -0.2) is 13.2 Å². The fourth-order valence-corrected chi connectivity index (χ4v) is 2.15. The highest BCUT2D eigenvalue weighted by atomic mass is 32.2. The molecule has 1 aromatic carbocycles. The first-order valence-electron chi connectivity index (χ1n) is 7.34. The van der Waals surface area contributed by atoms with Gasteiger partial charge in [-0.2, -0.15) is 35.1 Å². The average Bonchev–Trinajstić information content (AvgIpc) is 2.52. The van der Waals surface area contributed by atoms with E-state index in [9.17, 15) is 57.7 Å². The summed E-state index contributed by atoms with van der Waals surface area (Å²) in [4.78, 5) is 21.9. The third kappa shape index (κ3) is 5.40. The molecule has 8 nitrogen and oxygen atoms in total. The fraction of sp³-hybridized carbons (Fsp3) is 0.429. The van der Waals surface area contributed by atoms with E-state index >= 15 is 0 Å². The first kappa shape index (κ1) is 26.5. The number of carbonyl (C=O) groups is 2. The summed E-state index contributed by atoms with van der Waals surface area (Å²) in [6.07, 6.45) is -13.6. The van der Waals surface area contributed by atoms with E-state index in [0.29, 0.717) is 19.1 Å². The van der Waals surface area contributed by atoms with Crippen molar-refractivity contribution in [2.24, 2.45) is 0 Å². The van der Waals surface area contributed by atoms with E-state index in [-0.39, 0.29) is 6.07 Å². The topological polar surface area (TPSA) is 119 Å². The minimum atomic E-state index is -7.35. The first-order chi connectivity index (χ1) is 13.7. The van der Waals surface area contributed by atoms with Crippen LogP contribution in [-0.2, 0) is 30.4 Å². The lowest BCUT2D eigenvalue weighted by molar-refractivity contribution is -0.460.